The van der Waals surface area contributed by atoms with Gasteiger partial charge in [-0.1, -0.05) is 0 Å². The fourth-order valence-electron chi connectivity index (χ4n) is 1.36. The van der Waals surface area contributed by atoms with Gasteiger partial charge < -0.3 is 9.47 Å². The highest BCUT2D eigenvalue weighted by Gasteiger charge is 2.26. The number of rotatable bonds is 1. The van der Waals surface area contributed by atoms with Crippen LogP contribution in [0.25, 0.3) is 0 Å². The molecule has 0 saturated heterocycles. The first-order valence-electron chi connectivity index (χ1n) is 3.76. The summed E-state index contributed by atoms with van der Waals surface area (Å²) in [6.07, 6.45) is 0. The number of cyclic esters (lactones) is 1. The van der Waals surface area contributed by atoms with Gasteiger partial charge in [-0.05, 0) is 6.07 Å². The van der Waals surface area contributed by atoms with E-state index < -0.39 is 11.8 Å². The largest absolute Gasteiger partial charge is 0.496 e. The molecule has 0 aliphatic carbocycles. The van der Waals surface area contributed by atoms with Gasteiger partial charge in [0.25, 0.3) is 0 Å². The minimum Gasteiger partial charge on any atom is -0.496 e. The van der Waals surface area contributed by atoms with Crippen molar-refractivity contribution < 1.29 is 18.7 Å². The summed E-state index contributed by atoms with van der Waals surface area (Å²) in [6, 6.07) is 2.45. The molecule has 1 aromatic rings. The van der Waals surface area contributed by atoms with Crippen molar-refractivity contribution in [2.75, 3.05) is 7.11 Å². The number of halogens is 1. The fraction of sp³-hybridized carbons (Fsp3) is 0.222. The maximum absolute atomic E-state index is 12.9. The predicted octanol–water partition coefficient (Wildman–Crippen LogP) is 1.50. The normalized spacial score (nSPS) is 13.8. The lowest BCUT2D eigenvalue weighted by Gasteiger charge is -2.03. The van der Waals surface area contributed by atoms with Crippen LogP contribution in [0.3, 0.4) is 0 Å². The quantitative estimate of drug-likeness (QED) is 0.617. The Morgan fingerprint density at radius 2 is 2.31 bits per heavy atom. The van der Waals surface area contributed by atoms with E-state index in [1.165, 1.54) is 19.2 Å². The lowest BCUT2D eigenvalue weighted by atomic mass is 10.1. The third kappa shape index (κ3) is 1.14. The minimum atomic E-state index is -0.452. The second-order valence-electron chi connectivity index (χ2n) is 2.72. The Bertz CT molecular complexity index is 373. The molecule has 0 bridgehead atoms. The molecule has 0 saturated carbocycles. The summed E-state index contributed by atoms with van der Waals surface area (Å²) < 4.78 is 22.5. The summed E-state index contributed by atoms with van der Waals surface area (Å²) >= 11 is 0. The van der Waals surface area contributed by atoms with Gasteiger partial charge in [-0.2, -0.15) is 0 Å². The molecule has 1 heterocycles. The average molecular weight is 182 g/mol. The predicted molar refractivity (Wildman–Crippen MR) is 42.1 cm³/mol. The van der Waals surface area contributed by atoms with Gasteiger partial charge in [0.1, 0.15) is 23.7 Å². The molecule has 1 aliphatic heterocycles. The first-order valence-corrected chi connectivity index (χ1v) is 3.76. The molecule has 3 nitrogen and oxygen atoms in total. The zero-order valence-corrected chi connectivity index (χ0v) is 6.96. The summed E-state index contributed by atoms with van der Waals surface area (Å²) in [4.78, 5) is 11.1. The van der Waals surface area contributed by atoms with Gasteiger partial charge in [-0.25, -0.2) is 9.18 Å². The number of hydrogen-bond donors (Lipinski definition) is 0. The molecule has 1 aliphatic rings. The van der Waals surface area contributed by atoms with E-state index in [2.05, 4.69) is 0 Å². The third-order valence-corrected chi connectivity index (χ3v) is 1.93. The smallest absolute Gasteiger partial charge is 0.342 e. The van der Waals surface area contributed by atoms with Crippen LogP contribution in [0.5, 0.6) is 5.75 Å². The molecule has 0 spiro atoms. The van der Waals surface area contributed by atoms with Crippen LogP contribution < -0.4 is 4.74 Å². The SMILES string of the molecule is COc1cc(F)cc2c1C(=O)OC2. The van der Waals surface area contributed by atoms with Gasteiger partial charge in [0, 0.05) is 11.6 Å². The summed E-state index contributed by atoms with van der Waals surface area (Å²) in [5.41, 5.74) is 0.880. The van der Waals surface area contributed by atoms with Crippen LogP contribution in [0, 0.1) is 5.82 Å². The molecule has 0 amide bonds. The Balaban J connectivity index is 2.64. The highest BCUT2D eigenvalue weighted by Crippen LogP contribution is 2.29. The summed E-state index contributed by atoms with van der Waals surface area (Å²) in [5.74, 6) is -0.641. The van der Waals surface area contributed by atoms with E-state index in [4.69, 9.17) is 9.47 Å². The molecule has 0 unspecified atom stereocenters. The van der Waals surface area contributed by atoms with Crippen molar-refractivity contribution in [3.63, 3.8) is 0 Å². The van der Waals surface area contributed by atoms with Gasteiger partial charge in [0.05, 0.1) is 7.11 Å². The topological polar surface area (TPSA) is 35.5 Å². The van der Waals surface area contributed by atoms with Crippen molar-refractivity contribution in [1.82, 2.24) is 0 Å². The molecule has 2 rings (SSSR count). The van der Waals surface area contributed by atoms with Crippen molar-refractivity contribution in [3.05, 3.63) is 29.1 Å². The highest BCUT2D eigenvalue weighted by molar-refractivity contribution is 5.96. The number of esters is 1. The molecule has 0 atom stereocenters. The van der Waals surface area contributed by atoms with Crippen LogP contribution in [-0.2, 0) is 11.3 Å². The van der Waals surface area contributed by atoms with Crippen LogP contribution >= 0.6 is 0 Å². The van der Waals surface area contributed by atoms with E-state index in [9.17, 15) is 9.18 Å². The molecular formula is C9H7FO3. The molecule has 0 radical (unpaired) electrons. The second-order valence-corrected chi connectivity index (χ2v) is 2.72. The summed E-state index contributed by atoms with van der Waals surface area (Å²) in [5, 5.41) is 0. The maximum Gasteiger partial charge on any atom is 0.342 e. The van der Waals surface area contributed by atoms with Crippen molar-refractivity contribution in [2.24, 2.45) is 0 Å². The Kier molecular flexibility index (Phi) is 1.69. The molecule has 68 valence electrons. The Morgan fingerprint density at radius 1 is 1.54 bits per heavy atom. The first-order chi connectivity index (χ1) is 6.22. The fourth-order valence-corrected chi connectivity index (χ4v) is 1.36. The first kappa shape index (κ1) is 8.04. The highest BCUT2D eigenvalue weighted by atomic mass is 19.1. The maximum atomic E-state index is 12.9. The van der Waals surface area contributed by atoms with E-state index in [0.29, 0.717) is 11.1 Å². The van der Waals surface area contributed by atoms with Gasteiger partial charge in [-0.3, -0.25) is 0 Å². The Labute approximate surface area is 74.1 Å². The Hall–Kier alpha value is -1.58. The minimum absolute atomic E-state index is 0.127. The molecule has 13 heavy (non-hydrogen) atoms. The van der Waals surface area contributed by atoms with E-state index in [-0.39, 0.29) is 12.4 Å². The van der Waals surface area contributed by atoms with Crippen molar-refractivity contribution in [1.29, 1.82) is 0 Å². The van der Waals surface area contributed by atoms with Crippen LogP contribution in [0.4, 0.5) is 4.39 Å². The monoisotopic (exact) mass is 182 g/mol. The Morgan fingerprint density at radius 3 is 3.00 bits per heavy atom. The van der Waals surface area contributed by atoms with Gasteiger partial charge in [0.15, 0.2) is 0 Å². The van der Waals surface area contributed by atoms with E-state index in [1.54, 1.807) is 0 Å². The average Bonchev–Trinajstić information content (AvgIpc) is 2.46. The van der Waals surface area contributed by atoms with Crippen LogP contribution in [0.15, 0.2) is 12.1 Å². The number of hydrogen-bond acceptors (Lipinski definition) is 3. The van der Waals surface area contributed by atoms with Crippen molar-refractivity contribution >= 4 is 5.97 Å². The number of methoxy groups -OCH3 is 1. The number of benzene rings is 1. The van der Waals surface area contributed by atoms with Gasteiger partial charge >= 0.3 is 5.97 Å². The van der Waals surface area contributed by atoms with E-state index >= 15 is 0 Å². The molecule has 4 heteroatoms. The van der Waals surface area contributed by atoms with Crippen molar-refractivity contribution in [2.45, 2.75) is 6.61 Å². The number of fused-ring (bicyclic) bond motifs is 1. The number of ether oxygens (including phenoxy) is 2. The molecule has 0 fully saturated rings. The third-order valence-electron chi connectivity index (χ3n) is 1.93. The van der Waals surface area contributed by atoms with Crippen LogP contribution in [-0.4, -0.2) is 13.1 Å². The van der Waals surface area contributed by atoms with Crippen molar-refractivity contribution in [3.8, 4) is 5.75 Å². The van der Waals surface area contributed by atoms with Gasteiger partial charge in [0.2, 0.25) is 0 Å². The second kappa shape index (κ2) is 2.73. The molecule has 0 N–H and O–H groups in total. The molecular weight excluding hydrogens is 175 g/mol. The lowest BCUT2D eigenvalue weighted by molar-refractivity contribution is 0.0533. The number of carbonyl (C=O) groups excluding carboxylic acids is 1. The lowest BCUT2D eigenvalue weighted by Crippen LogP contribution is -1.98. The summed E-state index contributed by atoms with van der Waals surface area (Å²) in [6.45, 7) is 0.127. The van der Waals surface area contributed by atoms with E-state index in [1.807, 2.05) is 0 Å². The molecule has 0 aromatic heterocycles. The zero-order valence-electron chi connectivity index (χ0n) is 6.96. The zero-order chi connectivity index (χ0) is 9.42. The standard InChI is InChI=1S/C9H7FO3/c1-12-7-3-6(10)2-5-4-13-9(11)8(5)7/h2-3H,4H2,1H3. The molecule has 1 aromatic carbocycles. The van der Waals surface area contributed by atoms with E-state index in [0.717, 1.165) is 0 Å². The van der Waals surface area contributed by atoms with Crippen LogP contribution in [0.1, 0.15) is 15.9 Å². The van der Waals surface area contributed by atoms with Gasteiger partial charge in [-0.15, -0.1) is 0 Å². The van der Waals surface area contributed by atoms with Crippen LogP contribution in [0.2, 0.25) is 0 Å². The number of carbonyl (C=O) groups is 1. The summed E-state index contributed by atoms with van der Waals surface area (Å²) in [7, 11) is 1.39.